The van der Waals surface area contributed by atoms with Crippen molar-refractivity contribution in [3.05, 3.63) is 98.2 Å². The number of sulfonamides is 1. The zero-order valence-corrected chi connectivity index (χ0v) is 39.9. The van der Waals surface area contributed by atoms with Crippen LogP contribution in [0.2, 0.25) is 5.02 Å². The fourth-order valence-electron chi connectivity index (χ4n) is 9.57. The van der Waals surface area contributed by atoms with Gasteiger partial charge in [0.2, 0.25) is 21.8 Å². The molecule has 23 heteroatoms. The second-order valence-corrected chi connectivity index (χ2v) is 21.3. The molecular weight excluding hydrogens is 964 g/mol. The van der Waals surface area contributed by atoms with Gasteiger partial charge < -0.3 is 30.5 Å². The molecule has 366 valence electrons. The monoisotopic (exact) mass is 1010 g/mol. The maximum atomic E-state index is 16.0. The Labute approximate surface area is 402 Å². The number of carboxylic acids is 2. The van der Waals surface area contributed by atoms with Gasteiger partial charge in [-0.3, -0.25) is 24.0 Å². The molecule has 8 rings (SSSR count). The van der Waals surface area contributed by atoms with Crippen LogP contribution < -0.4 is 26.4 Å². The van der Waals surface area contributed by atoms with Crippen LogP contribution >= 0.6 is 22.9 Å². The highest BCUT2D eigenvalue weighted by molar-refractivity contribution is 7.88. The molecule has 5 heterocycles. The molecule has 3 aromatic carbocycles. The van der Waals surface area contributed by atoms with Crippen LogP contribution in [-0.2, 0) is 37.2 Å². The number of carbonyl (C=O) groups is 5. The first kappa shape index (κ1) is 49.1. The fourth-order valence-corrected chi connectivity index (χ4v) is 12.9. The normalized spacial score (nSPS) is 20.6. The third kappa shape index (κ3) is 10.1. The number of piperidine rings is 3. The van der Waals surface area contributed by atoms with Crippen LogP contribution in [0.3, 0.4) is 0 Å². The van der Waals surface area contributed by atoms with Crippen molar-refractivity contribution in [3.8, 4) is 16.2 Å². The number of nitrogens with zero attached hydrogens (tertiary/aromatic N) is 4. The summed E-state index contributed by atoms with van der Waals surface area (Å²) >= 11 is 7.35. The number of carboxylic acid groups (broad SMARTS) is 2. The molecule has 5 aromatic rings. The van der Waals surface area contributed by atoms with Gasteiger partial charge in [-0.2, -0.15) is 4.31 Å². The van der Waals surface area contributed by atoms with Crippen molar-refractivity contribution >= 4 is 85.2 Å². The van der Waals surface area contributed by atoms with E-state index in [0.29, 0.717) is 45.6 Å². The van der Waals surface area contributed by atoms with Gasteiger partial charge in [0.05, 0.1) is 34.1 Å². The first-order chi connectivity index (χ1) is 32.5. The fraction of sp³-hybridized carbons (Fsp3) is 0.391. The molecular formula is C46H48ClF2N7O11S2. The molecule has 3 fully saturated rings. The summed E-state index contributed by atoms with van der Waals surface area (Å²) in [6.07, 6.45) is 0.927. The van der Waals surface area contributed by atoms with E-state index < -0.39 is 87.8 Å². The number of aromatic nitrogens is 2. The van der Waals surface area contributed by atoms with E-state index in [0.717, 1.165) is 16.2 Å². The number of fused-ring (bicyclic) bond motifs is 1. The number of urea groups is 1. The molecule has 0 saturated carbocycles. The average Bonchev–Trinajstić information content (AvgIpc) is 3.73. The van der Waals surface area contributed by atoms with Crippen LogP contribution in [0.15, 0.2) is 71.5 Å². The Morgan fingerprint density at radius 1 is 0.957 bits per heavy atom. The summed E-state index contributed by atoms with van der Waals surface area (Å²) < 4.78 is 69.2. The van der Waals surface area contributed by atoms with E-state index in [1.807, 2.05) is 19.9 Å². The first-order valence-corrected chi connectivity index (χ1v) is 24.7. The molecule has 18 nitrogen and oxygen atoms in total. The summed E-state index contributed by atoms with van der Waals surface area (Å²) in [5.41, 5.74) is 1.42. The summed E-state index contributed by atoms with van der Waals surface area (Å²) in [6, 6.07) is 15.9. The third-order valence-corrected chi connectivity index (χ3v) is 16.5. The lowest BCUT2D eigenvalue weighted by Crippen LogP contribution is -2.55. The van der Waals surface area contributed by atoms with Crippen molar-refractivity contribution in [3.63, 3.8) is 0 Å². The van der Waals surface area contributed by atoms with Crippen molar-refractivity contribution < 1.29 is 56.1 Å². The van der Waals surface area contributed by atoms with Crippen LogP contribution in [0, 0.1) is 0 Å². The van der Waals surface area contributed by atoms with Gasteiger partial charge in [0.15, 0.2) is 17.2 Å². The van der Waals surface area contributed by atoms with Crippen molar-refractivity contribution in [1.29, 1.82) is 0 Å². The minimum absolute atomic E-state index is 0.0250. The molecule has 5 N–H and O–H groups in total. The van der Waals surface area contributed by atoms with Gasteiger partial charge in [0.1, 0.15) is 11.1 Å². The predicted octanol–water partition coefficient (Wildman–Crippen LogP) is 6.70. The smallest absolute Gasteiger partial charge is 0.349 e. The van der Waals surface area contributed by atoms with E-state index in [4.69, 9.17) is 21.4 Å². The Kier molecular flexibility index (Phi) is 13.4. The molecule has 3 atom stereocenters. The number of hydrogen-bond acceptors (Lipinski definition) is 11. The maximum Gasteiger partial charge on any atom is 0.349 e. The van der Waals surface area contributed by atoms with E-state index in [1.54, 1.807) is 36.4 Å². The Hall–Kier alpha value is -6.36. The zero-order valence-electron chi connectivity index (χ0n) is 37.5. The molecule has 4 amide bonds. The number of amides is 4. The molecule has 2 unspecified atom stereocenters. The number of carbonyl (C=O) groups excluding carboxylic acids is 3. The number of imide groups is 1. The van der Waals surface area contributed by atoms with Gasteiger partial charge in [0.25, 0.3) is 5.92 Å². The Balaban J connectivity index is 0.882. The van der Waals surface area contributed by atoms with Crippen LogP contribution in [0.4, 0.5) is 25.0 Å². The molecule has 3 saturated heterocycles. The van der Waals surface area contributed by atoms with E-state index in [-0.39, 0.29) is 65.3 Å². The number of benzene rings is 3. The zero-order chi connectivity index (χ0) is 49.7. The summed E-state index contributed by atoms with van der Waals surface area (Å²) in [6.45, 7) is 2.12. The van der Waals surface area contributed by atoms with Crippen LogP contribution in [0.5, 0.6) is 5.75 Å². The van der Waals surface area contributed by atoms with Gasteiger partial charge in [0, 0.05) is 49.5 Å². The third-order valence-electron chi connectivity index (χ3n) is 12.7. The number of aryl methyl sites for hydroxylation is 1. The van der Waals surface area contributed by atoms with Gasteiger partial charge in [-0.25, -0.2) is 36.4 Å². The summed E-state index contributed by atoms with van der Waals surface area (Å²) in [5.74, 6) is -8.95. The Bertz CT molecular complexity index is 3080. The largest absolute Gasteiger partial charge is 0.479 e. The highest BCUT2D eigenvalue weighted by atomic mass is 35.5. The van der Waals surface area contributed by atoms with Crippen LogP contribution in [-0.4, -0.2) is 110 Å². The standard InChI is InChI=1S/C46H48ClF2N7O11S2/c1-45(2)21-30(50-29-9-5-7-27(19-29)39-37(47)38(67-22-36(58)59)40(68-39)42(61)62)14-17-55(45)69(65,66)23-25-6-4-8-28(18-25)51-43(63)54-16-15-31(46(48,49)24-54)26-10-11-32-34(20-26)53(3)44(64)56(32)33-12-13-35(57)52-41(33)60/h4-11,18-20,30-31,33,50H,12-17,21-24H2,1-3H3,(H,51,63)(H,58,59)(H,61,62)(H,52,57,60)/t30-,31?,33?/m0/s1. The number of nitrogens with one attached hydrogen (secondary N) is 3. The number of anilines is 2. The van der Waals surface area contributed by atoms with Crippen LogP contribution in [0.1, 0.15) is 78.7 Å². The van der Waals surface area contributed by atoms with Gasteiger partial charge in [-0.05, 0) is 92.6 Å². The Morgan fingerprint density at radius 2 is 1.70 bits per heavy atom. The summed E-state index contributed by atoms with van der Waals surface area (Å²) in [4.78, 5) is 75.1. The number of halogens is 3. The average molecular weight is 1010 g/mol. The molecule has 0 aliphatic carbocycles. The number of aromatic carboxylic acids is 1. The summed E-state index contributed by atoms with van der Waals surface area (Å²) in [7, 11) is -2.45. The topological polar surface area (TPSA) is 239 Å². The second-order valence-electron chi connectivity index (χ2n) is 18.0. The molecule has 2 aromatic heterocycles. The lowest BCUT2D eigenvalue weighted by molar-refractivity contribution is -0.139. The van der Waals surface area contributed by atoms with Crippen molar-refractivity contribution in [1.82, 2.24) is 23.7 Å². The quantitative estimate of drug-likeness (QED) is 0.0775. The molecule has 3 aliphatic heterocycles. The van der Waals surface area contributed by atoms with Gasteiger partial charge in [-0.1, -0.05) is 41.9 Å². The van der Waals surface area contributed by atoms with Crippen molar-refractivity contribution in [2.24, 2.45) is 7.05 Å². The Morgan fingerprint density at radius 3 is 2.39 bits per heavy atom. The lowest BCUT2D eigenvalue weighted by Gasteiger charge is -2.45. The van der Waals surface area contributed by atoms with E-state index in [2.05, 4.69) is 16.0 Å². The highest BCUT2D eigenvalue weighted by Gasteiger charge is 2.47. The number of alkyl halides is 2. The van der Waals surface area contributed by atoms with E-state index >= 15 is 8.78 Å². The molecule has 0 bridgehead atoms. The number of ether oxygens (including phenoxy) is 1. The number of imidazole rings is 1. The van der Waals surface area contributed by atoms with Gasteiger partial charge in [-0.15, -0.1) is 11.3 Å². The summed E-state index contributed by atoms with van der Waals surface area (Å²) in [5, 5.41) is 27.1. The number of hydrogen-bond donors (Lipinski definition) is 5. The molecule has 0 radical (unpaired) electrons. The van der Waals surface area contributed by atoms with Crippen molar-refractivity contribution in [2.75, 3.05) is 36.9 Å². The number of aliphatic carboxylic acids is 1. The molecule has 69 heavy (non-hydrogen) atoms. The predicted molar refractivity (Wildman–Crippen MR) is 253 cm³/mol. The van der Waals surface area contributed by atoms with Crippen molar-refractivity contribution in [2.45, 2.75) is 81.2 Å². The SMILES string of the molecule is Cn1c(=O)n(C2CCC(=O)NC2=O)c2ccc(C3CCN(C(=O)Nc4cccc(CS(=O)(=O)N5CC[C@H](Nc6cccc(-c7sc(C(=O)O)c(OCC(=O)O)c7Cl)c6)CC5(C)C)c4)CC3(F)F)cc21. The van der Waals surface area contributed by atoms with Crippen LogP contribution in [0.25, 0.3) is 21.5 Å². The number of rotatable bonds is 13. The lowest BCUT2D eigenvalue weighted by atomic mass is 9.86. The highest BCUT2D eigenvalue weighted by Crippen LogP contribution is 2.46. The minimum atomic E-state index is -3.93. The maximum absolute atomic E-state index is 16.0. The van der Waals surface area contributed by atoms with E-state index in [9.17, 15) is 42.3 Å². The van der Waals surface area contributed by atoms with Gasteiger partial charge >= 0.3 is 23.7 Å². The first-order valence-electron chi connectivity index (χ1n) is 21.9. The second kappa shape index (κ2) is 18.9. The molecule has 0 spiro atoms. The number of likely N-dealkylation sites (tertiary alicyclic amines) is 1. The van der Waals surface area contributed by atoms with E-state index in [1.165, 1.54) is 44.8 Å². The molecule has 3 aliphatic rings. The minimum Gasteiger partial charge on any atom is -0.479 e. The number of thiophene rings is 1.